The van der Waals surface area contributed by atoms with Crippen LogP contribution in [0.25, 0.3) is 6.08 Å². The minimum atomic E-state index is 0.673. The first kappa shape index (κ1) is 12.1. The van der Waals surface area contributed by atoms with E-state index in [1.807, 2.05) is 43.3 Å². The molecule has 1 aromatic rings. The fourth-order valence-corrected chi connectivity index (χ4v) is 1.60. The van der Waals surface area contributed by atoms with Crippen LogP contribution in [-0.2, 0) is 9.47 Å². The smallest absolute Gasteiger partial charge is 0.227 e. The first-order valence-electron chi connectivity index (χ1n) is 5.89. The van der Waals surface area contributed by atoms with Crippen LogP contribution in [0.4, 0.5) is 0 Å². The molecule has 0 unspecified atom stereocenters. The summed E-state index contributed by atoms with van der Waals surface area (Å²) in [5.41, 5.74) is 1.15. The van der Waals surface area contributed by atoms with E-state index in [0.29, 0.717) is 32.5 Å². The van der Waals surface area contributed by atoms with Crippen molar-refractivity contribution in [1.82, 2.24) is 0 Å². The van der Waals surface area contributed by atoms with E-state index in [2.05, 4.69) is 0 Å². The molecule has 1 aliphatic rings. The summed E-state index contributed by atoms with van der Waals surface area (Å²) in [6, 6.07) is 8.00. The van der Waals surface area contributed by atoms with Crippen LogP contribution in [0.3, 0.4) is 0 Å². The minimum absolute atomic E-state index is 0.673. The second-order valence-electron chi connectivity index (χ2n) is 3.68. The molecule has 0 N–H and O–H groups in total. The fraction of sp³-hybridized carbons (Fsp3) is 0.357. The molecule has 17 heavy (non-hydrogen) atoms. The summed E-state index contributed by atoms with van der Waals surface area (Å²) in [6.07, 6.45) is 5.52. The number of benzene rings is 1. The largest absolute Gasteiger partial charge is 0.494 e. The molecule has 1 aromatic carbocycles. The highest BCUT2D eigenvalue weighted by Gasteiger charge is 2.15. The van der Waals surface area contributed by atoms with Crippen molar-refractivity contribution in [3.8, 4) is 5.75 Å². The van der Waals surface area contributed by atoms with E-state index < -0.39 is 0 Å². The van der Waals surface area contributed by atoms with Crippen LogP contribution in [0.15, 0.2) is 30.3 Å². The van der Waals surface area contributed by atoms with E-state index in [4.69, 9.17) is 14.2 Å². The SMILES string of the molecule is CCOc1ccc(C=CC[C]2OCCO2)cc1. The van der Waals surface area contributed by atoms with Gasteiger partial charge in [-0.2, -0.15) is 0 Å². The first-order valence-corrected chi connectivity index (χ1v) is 5.89. The summed E-state index contributed by atoms with van der Waals surface area (Å²) in [5.74, 6) is 0.904. The zero-order chi connectivity index (χ0) is 11.9. The zero-order valence-electron chi connectivity index (χ0n) is 10.0. The molecule has 0 spiro atoms. The summed E-state index contributed by atoms with van der Waals surface area (Å²) < 4.78 is 15.9. The van der Waals surface area contributed by atoms with Gasteiger partial charge >= 0.3 is 0 Å². The lowest BCUT2D eigenvalue weighted by molar-refractivity contribution is 0.0736. The van der Waals surface area contributed by atoms with Crippen LogP contribution in [0.2, 0.25) is 0 Å². The maximum absolute atomic E-state index is 5.38. The lowest BCUT2D eigenvalue weighted by Crippen LogP contribution is -1.93. The first-order chi connectivity index (χ1) is 8.38. The summed E-state index contributed by atoms with van der Waals surface area (Å²) >= 11 is 0. The van der Waals surface area contributed by atoms with E-state index >= 15 is 0 Å². The third kappa shape index (κ3) is 3.88. The molecule has 1 radical (unpaired) electrons. The van der Waals surface area contributed by atoms with Gasteiger partial charge in [0.25, 0.3) is 0 Å². The van der Waals surface area contributed by atoms with Crippen molar-refractivity contribution < 1.29 is 14.2 Å². The average Bonchev–Trinajstić information content (AvgIpc) is 2.85. The highest BCUT2D eigenvalue weighted by molar-refractivity contribution is 5.50. The normalized spacial score (nSPS) is 16.8. The van der Waals surface area contributed by atoms with Gasteiger partial charge in [-0.05, 0) is 24.6 Å². The van der Waals surface area contributed by atoms with Crippen LogP contribution in [0, 0.1) is 6.29 Å². The molecule has 3 heteroatoms. The molecular weight excluding hydrogens is 216 g/mol. The Balaban J connectivity index is 1.82. The Bertz CT molecular complexity index is 350. The molecule has 0 bridgehead atoms. The van der Waals surface area contributed by atoms with Crippen molar-refractivity contribution in [2.75, 3.05) is 19.8 Å². The van der Waals surface area contributed by atoms with E-state index in [0.717, 1.165) is 11.3 Å². The molecule has 0 amide bonds. The van der Waals surface area contributed by atoms with Crippen LogP contribution in [0.1, 0.15) is 18.9 Å². The lowest BCUT2D eigenvalue weighted by Gasteiger charge is -2.03. The van der Waals surface area contributed by atoms with Gasteiger partial charge < -0.3 is 14.2 Å². The predicted molar refractivity (Wildman–Crippen MR) is 66.4 cm³/mol. The Labute approximate surface area is 102 Å². The van der Waals surface area contributed by atoms with E-state index in [9.17, 15) is 0 Å². The molecule has 1 saturated heterocycles. The van der Waals surface area contributed by atoms with Crippen molar-refractivity contribution in [3.63, 3.8) is 0 Å². The summed E-state index contributed by atoms with van der Waals surface area (Å²) in [5, 5.41) is 0. The number of hydrogen-bond acceptors (Lipinski definition) is 3. The lowest BCUT2D eigenvalue weighted by atomic mass is 10.2. The van der Waals surface area contributed by atoms with Crippen LogP contribution in [0.5, 0.6) is 5.75 Å². The van der Waals surface area contributed by atoms with Crippen LogP contribution >= 0.6 is 0 Å². The molecule has 1 heterocycles. The average molecular weight is 233 g/mol. The number of ether oxygens (including phenoxy) is 3. The van der Waals surface area contributed by atoms with Gasteiger partial charge in [-0.3, -0.25) is 0 Å². The van der Waals surface area contributed by atoms with E-state index in [1.165, 1.54) is 0 Å². The molecule has 0 aromatic heterocycles. The molecular formula is C14H17O3. The second-order valence-corrected chi connectivity index (χ2v) is 3.68. The van der Waals surface area contributed by atoms with Crippen molar-refractivity contribution in [3.05, 3.63) is 42.2 Å². The predicted octanol–water partition coefficient (Wildman–Crippen LogP) is 3.02. The Hall–Kier alpha value is -1.32. The Kier molecular flexibility index (Phi) is 4.59. The maximum Gasteiger partial charge on any atom is 0.227 e. The van der Waals surface area contributed by atoms with Crippen molar-refractivity contribution in [1.29, 1.82) is 0 Å². The van der Waals surface area contributed by atoms with E-state index in [-0.39, 0.29) is 0 Å². The maximum atomic E-state index is 5.38. The minimum Gasteiger partial charge on any atom is -0.494 e. The van der Waals surface area contributed by atoms with Gasteiger partial charge in [-0.1, -0.05) is 24.3 Å². The van der Waals surface area contributed by atoms with Gasteiger partial charge in [0, 0.05) is 6.42 Å². The second kappa shape index (κ2) is 6.42. The van der Waals surface area contributed by atoms with Gasteiger partial charge in [-0.15, -0.1) is 0 Å². The Morgan fingerprint density at radius 1 is 1.18 bits per heavy atom. The van der Waals surface area contributed by atoms with Crippen LogP contribution in [-0.4, -0.2) is 19.8 Å². The zero-order valence-corrected chi connectivity index (χ0v) is 10.0. The third-order valence-electron chi connectivity index (χ3n) is 2.40. The van der Waals surface area contributed by atoms with Gasteiger partial charge in [-0.25, -0.2) is 0 Å². The molecule has 2 rings (SSSR count). The monoisotopic (exact) mass is 233 g/mol. The summed E-state index contributed by atoms with van der Waals surface area (Å²) in [6.45, 7) is 4.02. The molecule has 0 atom stereocenters. The molecule has 3 nitrogen and oxygen atoms in total. The number of hydrogen-bond donors (Lipinski definition) is 0. The third-order valence-corrected chi connectivity index (χ3v) is 2.40. The molecule has 0 aliphatic carbocycles. The quantitative estimate of drug-likeness (QED) is 0.782. The van der Waals surface area contributed by atoms with Gasteiger partial charge in [0.1, 0.15) is 5.75 Å². The summed E-state index contributed by atoms with van der Waals surface area (Å²) in [7, 11) is 0. The fourth-order valence-electron chi connectivity index (χ4n) is 1.60. The molecule has 91 valence electrons. The van der Waals surface area contributed by atoms with Crippen molar-refractivity contribution in [2.45, 2.75) is 13.3 Å². The summed E-state index contributed by atoms with van der Waals surface area (Å²) in [4.78, 5) is 0. The molecule has 0 saturated carbocycles. The van der Waals surface area contributed by atoms with Crippen molar-refractivity contribution >= 4 is 6.08 Å². The standard InChI is InChI=1S/C14H17O3/c1-2-15-13-8-6-12(7-9-13)4-3-5-14-16-10-11-17-14/h3-4,6-9H,2,5,10-11H2,1H3. The highest BCUT2D eigenvalue weighted by atomic mass is 16.7. The van der Waals surface area contributed by atoms with Crippen LogP contribution < -0.4 is 4.74 Å². The van der Waals surface area contributed by atoms with Gasteiger partial charge in [0.2, 0.25) is 6.29 Å². The molecule has 1 fully saturated rings. The van der Waals surface area contributed by atoms with Crippen molar-refractivity contribution in [2.24, 2.45) is 0 Å². The molecule has 1 aliphatic heterocycles. The highest BCUT2D eigenvalue weighted by Crippen LogP contribution is 2.18. The number of rotatable bonds is 5. The van der Waals surface area contributed by atoms with Gasteiger partial charge in [0.05, 0.1) is 19.8 Å². The Morgan fingerprint density at radius 3 is 2.53 bits per heavy atom. The van der Waals surface area contributed by atoms with E-state index in [1.54, 1.807) is 0 Å². The topological polar surface area (TPSA) is 27.7 Å². The Morgan fingerprint density at radius 2 is 1.88 bits per heavy atom. The van der Waals surface area contributed by atoms with Gasteiger partial charge in [0.15, 0.2) is 0 Å².